The first-order valence-corrected chi connectivity index (χ1v) is 8.07. The van der Waals surface area contributed by atoms with Crippen LogP contribution in [0.15, 0.2) is 46.2 Å². The Morgan fingerprint density at radius 2 is 1.68 bits per heavy atom. The number of nitrogens with two attached hydrogens (primary N) is 2. The first kappa shape index (κ1) is 15.0. The van der Waals surface area contributed by atoms with Gasteiger partial charge >= 0.3 is 0 Å². The lowest BCUT2D eigenvalue weighted by Gasteiger charge is -2.10. The van der Waals surface area contributed by atoms with E-state index in [1.807, 2.05) is 0 Å². The Hall–Kier alpha value is -1.89. The van der Waals surface area contributed by atoms with Crippen molar-refractivity contribution in [2.24, 2.45) is 0 Å². The molecule has 0 radical (unpaired) electrons. The van der Waals surface area contributed by atoms with Crippen molar-refractivity contribution in [2.45, 2.75) is 9.79 Å². The summed E-state index contributed by atoms with van der Waals surface area (Å²) in [6, 6.07) is 10.1. The van der Waals surface area contributed by atoms with Gasteiger partial charge in [-0.25, -0.2) is 9.19 Å². The molecule has 0 aliphatic heterocycles. The lowest BCUT2D eigenvalue weighted by Crippen LogP contribution is -2.02. The lowest BCUT2D eigenvalue weighted by molar-refractivity contribution is 0.683. The maximum Gasteiger partial charge on any atom is 0.222 e. The van der Waals surface area contributed by atoms with Gasteiger partial charge in [0.1, 0.15) is 5.82 Å². The molecule has 1 heterocycles. The fraction of sp³-hybridized carbons (Fsp3) is 0. The van der Waals surface area contributed by atoms with E-state index in [4.69, 9.17) is 34.7 Å². The molecule has 0 aliphatic rings. The average Bonchev–Trinajstić information content (AvgIpc) is 2.46. The molecule has 0 saturated carbocycles. The molecule has 112 valence electrons. The predicted molar refractivity (Wildman–Crippen MR) is 89.5 cm³/mol. The standard InChI is InChI=1S/C14H10Cl2N4OS/c15-7-3-1-2-4-9(7)22(21)10-6-5-8-11(12(10)16)13(17)20-14(18)19-8/h1-6H,(H4,17,18,19,20). The van der Waals surface area contributed by atoms with E-state index in [1.54, 1.807) is 36.4 Å². The smallest absolute Gasteiger partial charge is 0.222 e. The molecule has 8 heteroatoms. The Kier molecular flexibility index (Phi) is 3.90. The van der Waals surface area contributed by atoms with Gasteiger partial charge in [-0.15, -0.1) is 0 Å². The Morgan fingerprint density at radius 1 is 0.955 bits per heavy atom. The molecule has 3 aromatic rings. The fourth-order valence-corrected chi connectivity index (χ4v) is 4.02. The van der Waals surface area contributed by atoms with E-state index >= 15 is 0 Å². The van der Waals surface area contributed by atoms with Gasteiger partial charge in [0.15, 0.2) is 0 Å². The van der Waals surface area contributed by atoms with E-state index in [0.29, 0.717) is 25.7 Å². The zero-order valence-corrected chi connectivity index (χ0v) is 13.4. The van der Waals surface area contributed by atoms with Gasteiger partial charge < -0.3 is 11.5 Å². The van der Waals surface area contributed by atoms with Crippen molar-refractivity contribution in [1.82, 2.24) is 9.97 Å². The molecule has 5 nitrogen and oxygen atoms in total. The highest BCUT2D eigenvalue weighted by atomic mass is 35.5. The molecule has 4 N–H and O–H groups in total. The first-order chi connectivity index (χ1) is 10.5. The number of halogens is 2. The van der Waals surface area contributed by atoms with Crippen molar-refractivity contribution in [1.29, 1.82) is 0 Å². The summed E-state index contributed by atoms with van der Waals surface area (Å²) in [6.07, 6.45) is 0. The minimum Gasteiger partial charge on any atom is -0.383 e. The Bertz CT molecular complexity index is 917. The third-order valence-electron chi connectivity index (χ3n) is 3.05. The number of hydrogen-bond acceptors (Lipinski definition) is 5. The lowest BCUT2D eigenvalue weighted by atomic mass is 10.2. The van der Waals surface area contributed by atoms with Crippen LogP contribution in [-0.2, 0) is 10.8 Å². The van der Waals surface area contributed by atoms with Crippen molar-refractivity contribution in [2.75, 3.05) is 11.5 Å². The normalized spacial score (nSPS) is 12.5. The van der Waals surface area contributed by atoms with Gasteiger partial charge in [0.05, 0.1) is 41.5 Å². The highest BCUT2D eigenvalue weighted by Gasteiger charge is 2.18. The van der Waals surface area contributed by atoms with E-state index in [-0.39, 0.29) is 16.8 Å². The molecule has 22 heavy (non-hydrogen) atoms. The van der Waals surface area contributed by atoms with Crippen LogP contribution >= 0.6 is 23.2 Å². The van der Waals surface area contributed by atoms with Crippen LogP contribution in [0.3, 0.4) is 0 Å². The summed E-state index contributed by atoms with van der Waals surface area (Å²) in [5, 5.41) is 1.06. The van der Waals surface area contributed by atoms with E-state index in [2.05, 4.69) is 9.97 Å². The summed E-state index contributed by atoms with van der Waals surface area (Å²) in [5.41, 5.74) is 11.9. The Balaban J connectivity index is 2.23. The van der Waals surface area contributed by atoms with Gasteiger partial charge in [0, 0.05) is 0 Å². The second kappa shape index (κ2) is 5.72. The molecule has 1 unspecified atom stereocenters. The molecule has 0 bridgehead atoms. The number of nitrogen functional groups attached to an aromatic ring is 2. The average molecular weight is 353 g/mol. The summed E-state index contributed by atoms with van der Waals surface area (Å²) in [6.45, 7) is 0. The number of rotatable bonds is 2. The molecule has 0 spiro atoms. The van der Waals surface area contributed by atoms with E-state index in [1.165, 1.54) is 0 Å². The van der Waals surface area contributed by atoms with Crippen LogP contribution in [0, 0.1) is 0 Å². The third-order valence-corrected chi connectivity index (χ3v) is 5.49. The van der Waals surface area contributed by atoms with Crippen LogP contribution in [0.2, 0.25) is 10.0 Å². The zero-order valence-electron chi connectivity index (χ0n) is 11.1. The molecule has 0 amide bonds. The van der Waals surface area contributed by atoms with Gasteiger partial charge in [-0.3, -0.25) is 0 Å². The Labute approximate surface area is 138 Å². The minimum absolute atomic E-state index is 0.0565. The third kappa shape index (κ3) is 2.49. The second-order valence-electron chi connectivity index (χ2n) is 4.44. The topological polar surface area (TPSA) is 94.9 Å². The largest absolute Gasteiger partial charge is 0.383 e. The molecule has 1 aromatic heterocycles. The molecule has 3 rings (SSSR count). The van der Waals surface area contributed by atoms with E-state index in [9.17, 15) is 4.21 Å². The molecular weight excluding hydrogens is 343 g/mol. The summed E-state index contributed by atoms with van der Waals surface area (Å²) in [4.78, 5) is 8.82. The van der Waals surface area contributed by atoms with Gasteiger partial charge in [-0.1, -0.05) is 35.3 Å². The van der Waals surface area contributed by atoms with Crippen molar-refractivity contribution in [3.8, 4) is 0 Å². The molecule has 2 aromatic carbocycles. The maximum absolute atomic E-state index is 12.7. The predicted octanol–water partition coefficient (Wildman–Crippen LogP) is 3.27. The van der Waals surface area contributed by atoms with Crippen LogP contribution in [0.5, 0.6) is 0 Å². The zero-order chi connectivity index (χ0) is 15.9. The number of hydrogen-bond donors (Lipinski definition) is 2. The van der Waals surface area contributed by atoms with Crippen molar-refractivity contribution in [3.05, 3.63) is 46.4 Å². The monoisotopic (exact) mass is 352 g/mol. The summed E-state index contributed by atoms with van der Waals surface area (Å²) < 4.78 is 12.7. The van der Waals surface area contributed by atoms with Crippen molar-refractivity contribution in [3.63, 3.8) is 0 Å². The maximum atomic E-state index is 12.7. The number of aromatic nitrogens is 2. The van der Waals surface area contributed by atoms with Crippen LogP contribution < -0.4 is 11.5 Å². The summed E-state index contributed by atoms with van der Waals surface area (Å²) in [5.74, 6) is 0.201. The first-order valence-electron chi connectivity index (χ1n) is 6.16. The van der Waals surface area contributed by atoms with Gasteiger partial charge in [-0.05, 0) is 24.3 Å². The van der Waals surface area contributed by atoms with Gasteiger partial charge in [0.2, 0.25) is 5.95 Å². The molecule has 0 aliphatic carbocycles. The van der Waals surface area contributed by atoms with E-state index in [0.717, 1.165) is 0 Å². The van der Waals surface area contributed by atoms with Gasteiger partial charge in [-0.2, -0.15) is 4.98 Å². The van der Waals surface area contributed by atoms with E-state index < -0.39 is 10.8 Å². The number of benzene rings is 2. The molecular formula is C14H10Cl2N4OS. The van der Waals surface area contributed by atoms with Crippen molar-refractivity contribution < 1.29 is 4.21 Å². The number of nitrogens with zero attached hydrogens (tertiary/aromatic N) is 2. The SMILES string of the molecule is Nc1nc(N)c2c(Cl)c(S(=O)c3ccccc3Cl)ccc2n1. The van der Waals surface area contributed by atoms with Crippen molar-refractivity contribution >= 4 is 56.7 Å². The van der Waals surface area contributed by atoms with Gasteiger partial charge in [0.25, 0.3) is 0 Å². The second-order valence-corrected chi connectivity index (χ2v) is 6.64. The van der Waals surface area contributed by atoms with Crippen LogP contribution in [-0.4, -0.2) is 14.2 Å². The quantitative estimate of drug-likeness (QED) is 0.737. The summed E-state index contributed by atoms with van der Waals surface area (Å²) >= 11 is 12.4. The van der Waals surface area contributed by atoms with Crippen LogP contribution in [0.25, 0.3) is 10.9 Å². The minimum atomic E-state index is -1.55. The molecule has 0 saturated heterocycles. The fourth-order valence-electron chi connectivity index (χ4n) is 2.07. The highest BCUT2D eigenvalue weighted by Crippen LogP contribution is 2.35. The highest BCUT2D eigenvalue weighted by molar-refractivity contribution is 7.85. The molecule has 1 atom stereocenters. The Morgan fingerprint density at radius 3 is 2.41 bits per heavy atom. The van der Waals surface area contributed by atoms with Crippen LogP contribution in [0.1, 0.15) is 0 Å². The summed E-state index contributed by atoms with van der Waals surface area (Å²) in [7, 11) is -1.55. The van der Waals surface area contributed by atoms with Crippen LogP contribution in [0.4, 0.5) is 11.8 Å². The molecule has 0 fully saturated rings. The number of anilines is 2. The number of fused-ring (bicyclic) bond motifs is 1.